The van der Waals surface area contributed by atoms with Gasteiger partial charge in [-0.3, -0.25) is 9.89 Å². The number of benzene rings is 1. The van der Waals surface area contributed by atoms with Crippen molar-refractivity contribution in [1.82, 2.24) is 15.5 Å². The van der Waals surface area contributed by atoms with E-state index in [4.69, 9.17) is 4.74 Å². The Morgan fingerprint density at radius 1 is 1.07 bits per heavy atom. The van der Waals surface area contributed by atoms with Crippen LogP contribution in [0.2, 0.25) is 0 Å². The van der Waals surface area contributed by atoms with Gasteiger partial charge in [0, 0.05) is 38.6 Å². The van der Waals surface area contributed by atoms with Crippen LogP contribution in [0.3, 0.4) is 0 Å². The first-order valence-corrected chi connectivity index (χ1v) is 10.5. The van der Waals surface area contributed by atoms with Gasteiger partial charge in [0.25, 0.3) is 0 Å². The third-order valence-electron chi connectivity index (χ3n) is 5.85. The van der Waals surface area contributed by atoms with E-state index in [1.807, 2.05) is 7.05 Å². The highest BCUT2D eigenvalue weighted by Gasteiger charge is 2.28. The smallest absolute Gasteiger partial charge is 0.191 e. The second-order valence-corrected chi connectivity index (χ2v) is 7.37. The summed E-state index contributed by atoms with van der Waals surface area (Å²) in [6.45, 7) is 11.5. The molecule has 0 saturated carbocycles. The van der Waals surface area contributed by atoms with Gasteiger partial charge in [-0.15, -0.1) is 0 Å². The van der Waals surface area contributed by atoms with Gasteiger partial charge in [0.15, 0.2) is 5.96 Å². The number of ether oxygens (including phenoxy) is 1. The Kier molecular flexibility index (Phi) is 9.64. The summed E-state index contributed by atoms with van der Waals surface area (Å²) in [5, 5.41) is 7.04. The lowest BCUT2D eigenvalue weighted by molar-refractivity contribution is 0.0372. The van der Waals surface area contributed by atoms with Crippen molar-refractivity contribution in [3.8, 4) is 0 Å². The van der Waals surface area contributed by atoms with Crippen LogP contribution < -0.4 is 10.6 Å². The molecule has 0 aliphatic carbocycles. The third-order valence-corrected chi connectivity index (χ3v) is 5.85. The van der Waals surface area contributed by atoms with Crippen LogP contribution in [0, 0.1) is 0 Å². The Labute approximate surface area is 165 Å². The van der Waals surface area contributed by atoms with Crippen LogP contribution in [-0.2, 0) is 10.2 Å². The van der Waals surface area contributed by atoms with Gasteiger partial charge in [-0.1, -0.05) is 44.2 Å². The molecule has 5 heteroatoms. The Balaban J connectivity index is 1.73. The summed E-state index contributed by atoms with van der Waals surface area (Å²) in [6, 6.07) is 10.9. The van der Waals surface area contributed by atoms with Crippen molar-refractivity contribution in [2.75, 3.05) is 53.0 Å². The first kappa shape index (κ1) is 21.7. The topological polar surface area (TPSA) is 48.9 Å². The molecule has 27 heavy (non-hydrogen) atoms. The van der Waals surface area contributed by atoms with Crippen molar-refractivity contribution in [2.24, 2.45) is 4.99 Å². The van der Waals surface area contributed by atoms with E-state index in [1.54, 1.807) is 0 Å². The molecule has 1 saturated heterocycles. The second-order valence-electron chi connectivity index (χ2n) is 7.37. The Morgan fingerprint density at radius 2 is 1.78 bits per heavy atom. The molecule has 1 fully saturated rings. The van der Waals surface area contributed by atoms with E-state index in [1.165, 1.54) is 18.5 Å². The summed E-state index contributed by atoms with van der Waals surface area (Å²) in [6.07, 6.45) is 4.58. The fourth-order valence-corrected chi connectivity index (χ4v) is 3.77. The maximum absolute atomic E-state index is 5.40. The van der Waals surface area contributed by atoms with Gasteiger partial charge in [-0.25, -0.2) is 0 Å². The SMILES string of the molecule is CCC(CC)(CNC(=NC)NCCCCN1CCOCC1)c1ccccc1. The van der Waals surface area contributed by atoms with Crippen LogP contribution in [0.4, 0.5) is 0 Å². The minimum Gasteiger partial charge on any atom is -0.379 e. The van der Waals surface area contributed by atoms with E-state index in [2.05, 4.69) is 64.7 Å². The second kappa shape index (κ2) is 12.0. The van der Waals surface area contributed by atoms with Gasteiger partial charge in [0.2, 0.25) is 0 Å². The molecule has 1 heterocycles. The van der Waals surface area contributed by atoms with Gasteiger partial charge >= 0.3 is 0 Å². The molecule has 1 aromatic rings. The molecule has 1 aliphatic rings. The van der Waals surface area contributed by atoms with Crippen molar-refractivity contribution in [1.29, 1.82) is 0 Å². The first-order chi connectivity index (χ1) is 13.2. The molecule has 0 aromatic heterocycles. The zero-order valence-corrected chi connectivity index (χ0v) is 17.5. The normalized spacial score (nSPS) is 16.3. The van der Waals surface area contributed by atoms with Crippen LogP contribution in [0.15, 0.2) is 35.3 Å². The van der Waals surface area contributed by atoms with Crippen molar-refractivity contribution in [3.63, 3.8) is 0 Å². The fourth-order valence-electron chi connectivity index (χ4n) is 3.77. The Bertz CT molecular complexity index is 537. The van der Waals surface area contributed by atoms with Gasteiger partial charge in [0.05, 0.1) is 13.2 Å². The predicted molar refractivity (Wildman–Crippen MR) is 115 cm³/mol. The molecule has 0 radical (unpaired) electrons. The molecule has 5 nitrogen and oxygen atoms in total. The maximum Gasteiger partial charge on any atom is 0.191 e. The summed E-state index contributed by atoms with van der Waals surface area (Å²) >= 11 is 0. The van der Waals surface area contributed by atoms with Gasteiger partial charge < -0.3 is 15.4 Å². The van der Waals surface area contributed by atoms with Crippen LogP contribution in [0.5, 0.6) is 0 Å². The highest BCUT2D eigenvalue weighted by molar-refractivity contribution is 5.79. The van der Waals surface area contributed by atoms with Crippen molar-refractivity contribution in [2.45, 2.75) is 44.9 Å². The number of unbranched alkanes of at least 4 members (excludes halogenated alkanes) is 1. The predicted octanol–water partition coefficient (Wildman–Crippen LogP) is 3.02. The maximum atomic E-state index is 5.40. The molecular weight excluding hydrogens is 336 g/mol. The summed E-state index contributed by atoms with van der Waals surface area (Å²) < 4.78 is 5.40. The van der Waals surface area contributed by atoms with Crippen LogP contribution >= 0.6 is 0 Å². The molecule has 0 bridgehead atoms. The lowest BCUT2D eigenvalue weighted by atomic mass is 9.76. The lowest BCUT2D eigenvalue weighted by Gasteiger charge is -2.33. The van der Waals surface area contributed by atoms with Gasteiger partial charge in [0.1, 0.15) is 0 Å². The molecule has 0 spiro atoms. The summed E-state index contributed by atoms with van der Waals surface area (Å²) in [4.78, 5) is 6.90. The summed E-state index contributed by atoms with van der Waals surface area (Å²) in [5.74, 6) is 0.906. The minimum atomic E-state index is 0.148. The van der Waals surface area contributed by atoms with E-state index in [9.17, 15) is 0 Å². The molecule has 1 aromatic carbocycles. The van der Waals surface area contributed by atoms with E-state index < -0.39 is 0 Å². The highest BCUT2D eigenvalue weighted by atomic mass is 16.5. The van der Waals surface area contributed by atoms with Crippen molar-refractivity contribution >= 4 is 5.96 Å². The molecule has 0 atom stereocenters. The van der Waals surface area contributed by atoms with E-state index in [0.29, 0.717) is 0 Å². The quantitative estimate of drug-likeness (QED) is 0.375. The summed E-state index contributed by atoms with van der Waals surface area (Å²) in [5.41, 5.74) is 1.55. The number of rotatable bonds is 10. The average Bonchev–Trinajstić information content (AvgIpc) is 2.74. The van der Waals surface area contributed by atoms with Crippen LogP contribution in [0.25, 0.3) is 0 Å². The number of nitrogens with zero attached hydrogens (tertiary/aromatic N) is 2. The Hall–Kier alpha value is -1.59. The zero-order valence-electron chi connectivity index (χ0n) is 17.5. The van der Waals surface area contributed by atoms with E-state index >= 15 is 0 Å². The lowest BCUT2D eigenvalue weighted by Crippen LogP contribution is -2.45. The number of hydrogen-bond donors (Lipinski definition) is 2. The largest absolute Gasteiger partial charge is 0.379 e. The molecule has 1 aliphatic heterocycles. The monoisotopic (exact) mass is 374 g/mol. The van der Waals surface area contributed by atoms with E-state index in [0.717, 1.165) is 64.6 Å². The van der Waals surface area contributed by atoms with Gasteiger partial charge in [-0.2, -0.15) is 0 Å². The van der Waals surface area contributed by atoms with Gasteiger partial charge in [-0.05, 0) is 37.8 Å². The molecule has 0 unspecified atom stereocenters. The third kappa shape index (κ3) is 6.82. The van der Waals surface area contributed by atoms with Crippen molar-refractivity contribution < 1.29 is 4.74 Å². The van der Waals surface area contributed by atoms with Crippen LogP contribution in [-0.4, -0.2) is 63.8 Å². The molecular formula is C22H38N4O. The molecule has 0 amide bonds. The minimum absolute atomic E-state index is 0.148. The van der Waals surface area contributed by atoms with Crippen molar-refractivity contribution in [3.05, 3.63) is 35.9 Å². The number of morpholine rings is 1. The number of guanidine groups is 1. The fraction of sp³-hybridized carbons (Fsp3) is 0.682. The molecule has 2 N–H and O–H groups in total. The number of hydrogen-bond acceptors (Lipinski definition) is 3. The Morgan fingerprint density at radius 3 is 2.41 bits per heavy atom. The number of aliphatic imine (C=N–C) groups is 1. The zero-order chi connectivity index (χ0) is 19.4. The summed E-state index contributed by atoms with van der Waals surface area (Å²) in [7, 11) is 1.85. The van der Waals surface area contributed by atoms with Crippen LogP contribution in [0.1, 0.15) is 45.1 Å². The number of nitrogens with one attached hydrogen (secondary N) is 2. The highest BCUT2D eigenvalue weighted by Crippen LogP contribution is 2.30. The standard InChI is InChI=1S/C22H38N4O/c1-4-22(5-2,20-11-7-6-8-12-20)19-25-21(23-3)24-13-9-10-14-26-15-17-27-18-16-26/h6-8,11-12H,4-5,9-10,13-19H2,1-3H3,(H2,23,24,25). The molecule has 152 valence electrons. The molecule has 2 rings (SSSR count). The first-order valence-electron chi connectivity index (χ1n) is 10.5. The average molecular weight is 375 g/mol. The van der Waals surface area contributed by atoms with E-state index in [-0.39, 0.29) is 5.41 Å².